The maximum Gasteiger partial charge on any atom is 0.118 e. The van der Waals surface area contributed by atoms with Crippen molar-refractivity contribution in [2.24, 2.45) is 0 Å². The van der Waals surface area contributed by atoms with Crippen LogP contribution in [-0.4, -0.2) is 31.1 Å². The first-order valence-electron chi connectivity index (χ1n) is 7.45. The highest BCUT2D eigenvalue weighted by molar-refractivity contribution is 5.55. The number of methoxy groups -OCH3 is 1. The molecule has 2 aliphatic rings. The van der Waals surface area contributed by atoms with Gasteiger partial charge in [0.25, 0.3) is 0 Å². The van der Waals surface area contributed by atoms with E-state index in [-0.39, 0.29) is 0 Å². The van der Waals surface area contributed by atoms with E-state index in [1.54, 1.807) is 12.7 Å². The van der Waals surface area contributed by atoms with E-state index in [0.29, 0.717) is 6.04 Å². The van der Waals surface area contributed by atoms with Crippen LogP contribution in [0.5, 0.6) is 5.75 Å². The van der Waals surface area contributed by atoms with Crippen molar-refractivity contribution in [1.29, 1.82) is 0 Å². The van der Waals surface area contributed by atoms with Gasteiger partial charge in [0, 0.05) is 6.04 Å². The molecule has 1 unspecified atom stereocenters. The fourth-order valence-corrected chi connectivity index (χ4v) is 3.17. The van der Waals surface area contributed by atoms with Gasteiger partial charge in [0.2, 0.25) is 0 Å². The van der Waals surface area contributed by atoms with Gasteiger partial charge in [-0.1, -0.05) is 30.2 Å². The maximum atomic E-state index is 5.22. The molecule has 2 fully saturated rings. The van der Waals surface area contributed by atoms with Gasteiger partial charge in [-0.15, -0.1) is 0 Å². The largest absolute Gasteiger partial charge is 0.497 e. The molecule has 1 heterocycles. The first-order valence-corrected chi connectivity index (χ1v) is 7.45. The minimum absolute atomic E-state index is 0.713. The minimum atomic E-state index is 0.713. The van der Waals surface area contributed by atoms with Crippen LogP contribution in [0, 0.1) is 0 Å². The molecule has 2 heteroatoms. The third-order valence-corrected chi connectivity index (χ3v) is 4.42. The summed E-state index contributed by atoms with van der Waals surface area (Å²) in [5.74, 6) is 0.935. The number of hydrogen-bond donors (Lipinski definition) is 0. The van der Waals surface area contributed by atoms with Crippen molar-refractivity contribution in [3.8, 4) is 5.75 Å². The van der Waals surface area contributed by atoms with Crippen molar-refractivity contribution < 1.29 is 4.74 Å². The lowest BCUT2D eigenvalue weighted by Gasteiger charge is -2.42. The summed E-state index contributed by atoms with van der Waals surface area (Å²) in [4.78, 5) is 2.65. The highest BCUT2D eigenvalue weighted by Crippen LogP contribution is 2.32. The normalized spacial score (nSPS) is 26.2. The topological polar surface area (TPSA) is 12.5 Å². The molecule has 3 rings (SSSR count). The molecular formula is C17H23NO. The predicted octanol–water partition coefficient (Wildman–Crippen LogP) is 3.73. The molecule has 0 aromatic heterocycles. The standard InChI is InChI=1S/C17H23NO/c1-19-16-9-7-14(8-10-16)13-15-5-2-3-6-17(15)18-11-4-12-18/h7-10,13,17H,2-6,11-12H2,1H3. The molecule has 0 amide bonds. The number of hydrogen-bond acceptors (Lipinski definition) is 2. The van der Waals surface area contributed by atoms with Crippen molar-refractivity contribution >= 4 is 6.08 Å². The van der Waals surface area contributed by atoms with Crippen molar-refractivity contribution in [2.45, 2.75) is 38.1 Å². The lowest BCUT2D eigenvalue weighted by atomic mass is 9.86. The van der Waals surface area contributed by atoms with Crippen molar-refractivity contribution in [3.05, 3.63) is 35.4 Å². The Kier molecular flexibility index (Phi) is 3.88. The van der Waals surface area contributed by atoms with E-state index in [2.05, 4.69) is 23.1 Å². The second-order valence-electron chi connectivity index (χ2n) is 5.64. The van der Waals surface area contributed by atoms with Gasteiger partial charge < -0.3 is 4.74 Å². The summed E-state index contributed by atoms with van der Waals surface area (Å²) < 4.78 is 5.22. The van der Waals surface area contributed by atoms with E-state index in [4.69, 9.17) is 4.74 Å². The van der Waals surface area contributed by atoms with Crippen LogP contribution in [0.25, 0.3) is 6.08 Å². The van der Waals surface area contributed by atoms with Gasteiger partial charge in [-0.05, 0) is 56.5 Å². The van der Waals surface area contributed by atoms with Crippen LogP contribution in [0.15, 0.2) is 29.8 Å². The first-order chi connectivity index (χ1) is 9.36. The Balaban J connectivity index is 1.78. The quantitative estimate of drug-likeness (QED) is 0.818. The van der Waals surface area contributed by atoms with E-state index in [9.17, 15) is 0 Å². The van der Waals surface area contributed by atoms with E-state index >= 15 is 0 Å². The molecule has 1 aromatic carbocycles. The summed E-state index contributed by atoms with van der Waals surface area (Å²) in [6.07, 6.45) is 9.15. The van der Waals surface area contributed by atoms with Gasteiger partial charge in [-0.2, -0.15) is 0 Å². The SMILES string of the molecule is COc1ccc(C=C2CCCCC2N2CCC2)cc1. The highest BCUT2D eigenvalue weighted by Gasteiger charge is 2.28. The fourth-order valence-electron chi connectivity index (χ4n) is 3.17. The van der Waals surface area contributed by atoms with E-state index < -0.39 is 0 Å². The van der Waals surface area contributed by atoms with Gasteiger partial charge in [0.15, 0.2) is 0 Å². The first kappa shape index (κ1) is 12.7. The molecule has 1 aliphatic carbocycles. The average Bonchev–Trinajstić information content (AvgIpc) is 2.40. The average molecular weight is 257 g/mol. The van der Waals surface area contributed by atoms with Gasteiger partial charge in [-0.25, -0.2) is 0 Å². The molecule has 2 nitrogen and oxygen atoms in total. The number of nitrogens with zero attached hydrogens (tertiary/aromatic N) is 1. The van der Waals surface area contributed by atoms with E-state index in [0.717, 1.165) is 5.75 Å². The molecule has 1 saturated carbocycles. The van der Waals surface area contributed by atoms with Crippen molar-refractivity contribution in [3.63, 3.8) is 0 Å². The number of rotatable bonds is 3. The minimum Gasteiger partial charge on any atom is -0.497 e. The van der Waals surface area contributed by atoms with Crippen molar-refractivity contribution in [2.75, 3.05) is 20.2 Å². The molecular weight excluding hydrogens is 234 g/mol. The van der Waals surface area contributed by atoms with Crippen LogP contribution >= 0.6 is 0 Å². The summed E-state index contributed by atoms with van der Waals surface area (Å²) >= 11 is 0. The molecule has 0 bridgehead atoms. The maximum absolute atomic E-state index is 5.22. The smallest absolute Gasteiger partial charge is 0.118 e. The third kappa shape index (κ3) is 2.84. The lowest BCUT2D eigenvalue weighted by molar-refractivity contribution is 0.121. The van der Waals surface area contributed by atoms with Crippen LogP contribution in [0.2, 0.25) is 0 Å². The Bertz CT molecular complexity index is 445. The summed E-state index contributed by atoms with van der Waals surface area (Å²) in [5, 5.41) is 0. The molecule has 0 N–H and O–H groups in total. The van der Waals surface area contributed by atoms with Gasteiger partial charge in [-0.3, -0.25) is 4.90 Å². The number of ether oxygens (including phenoxy) is 1. The highest BCUT2D eigenvalue weighted by atomic mass is 16.5. The van der Waals surface area contributed by atoms with Crippen LogP contribution in [0.1, 0.15) is 37.7 Å². The summed E-state index contributed by atoms with van der Waals surface area (Å²) in [7, 11) is 1.72. The predicted molar refractivity (Wildman–Crippen MR) is 79.4 cm³/mol. The molecule has 19 heavy (non-hydrogen) atoms. The molecule has 102 valence electrons. The van der Waals surface area contributed by atoms with Crippen LogP contribution < -0.4 is 4.74 Å². The fraction of sp³-hybridized carbons (Fsp3) is 0.529. The molecule has 1 aliphatic heterocycles. The van der Waals surface area contributed by atoms with Crippen LogP contribution in [-0.2, 0) is 0 Å². The number of likely N-dealkylation sites (tertiary alicyclic amines) is 1. The van der Waals surface area contributed by atoms with Crippen LogP contribution in [0.4, 0.5) is 0 Å². The molecule has 1 atom stereocenters. The Hall–Kier alpha value is -1.28. The van der Waals surface area contributed by atoms with Gasteiger partial charge in [0.1, 0.15) is 5.75 Å². The van der Waals surface area contributed by atoms with Crippen molar-refractivity contribution in [1.82, 2.24) is 4.90 Å². The summed E-state index contributed by atoms with van der Waals surface area (Å²) in [5.41, 5.74) is 2.94. The zero-order valence-corrected chi connectivity index (χ0v) is 11.8. The van der Waals surface area contributed by atoms with Crippen LogP contribution in [0.3, 0.4) is 0 Å². The van der Waals surface area contributed by atoms with Gasteiger partial charge >= 0.3 is 0 Å². The van der Waals surface area contributed by atoms with E-state index in [1.807, 2.05) is 12.1 Å². The Morgan fingerprint density at radius 3 is 2.53 bits per heavy atom. The Labute approximate surface area is 116 Å². The zero-order chi connectivity index (χ0) is 13.1. The summed E-state index contributed by atoms with van der Waals surface area (Å²) in [6.45, 7) is 2.59. The van der Waals surface area contributed by atoms with E-state index in [1.165, 1.54) is 50.8 Å². The monoisotopic (exact) mass is 257 g/mol. The number of benzene rings is 1. The summed E-state index contributed by atoms with van der Waals surface area (Å²) in [6, 6.07) is 9.13. The molecule has 0 radical (unpaired) electrons. The Morgan fingerprint density at radius 2 is 1.89 bits per heavy atom. The molecule has 0 spiro atoms. The Morgan fingerprint density at radius 1 is 1.11 bits per heavy atom. The third-order valence-electron chi connectivity index (χ3n) is 4.42. The second kappa shape index (κ2) is 5.79. The molecule has 1 aromatic rings. The second-order valence-corrected chi connectivity index (χ2v) is 5.64. The lowest BCUT2D eigenvalue weighted by Crippen LogP contribution is -2.46. The van der Waals surface area contributed by atoms with Gasteiger partial charge in [0.05, 0.1) is 7.11 Å². The zero-order valence-electron chi connectivity index (χ0n) is 11.8. The molecule has 1 saturated heterocycles.